The number of benzene rings is 2. The van der Waals surface area contributed by atoms with Crippen LogP contribution in [0.5, 0.6) is 0 Å². The number of carbonyl (C=O) groups excluding carboxylic acids is 2. The molecule has 0 radical (unpaired) electrons. The largest absolute Gasteiger partial charge is 0.444 e. The molecule has 192 valence electrons. The lowest BCUT2D eigenvalue weighted by Crippen LogP contribution is -2.45. The molecule has 0 aromatic heterocycles. The van der Waals surface area contributed by atoms with E-state index in [9.17, 15) is 18.0 Å². The molecule has 0 spiro atoms. The number of alkyl carbamates (subject to hydrolysis) is 1. The van der Waals surface area contributed by atoms with Crippen molar-refractivity contribution in [3.63, 3.8) is 0 Å². The molecule has 2 heterocycles. The van der Waals surface area contributed by atoms with Crippen LogP contribution in [0.25, 0.3) is 0 Å². The van der Waals surface area contributed by atoms with Crippen molar-refractivity contribution in [3.8, 4) is 0 Å². The Bertz CT molecular complexity index is 1280. The number of hydrogen-bond acceptors (Lipinski definition) is 6. The van der Waals surface area contributed by atoms with Gasteiger partial charge in [0.1, 0.15) is 11.6 Å². The first-order valence-corrected chi connectivity index (χ1v) is 15.3. The first kappa shape index (κ1) is 26.9. The van der Waals surface area contributed by atoms with Gasteiger partial charge in [0.15, 0.2) is 15.0 Å². The number of fused-ring (bicyclic) bond motifs is 1. The lowest BCUT2D eigenvalue weighted by Gasteiger charge is -2.25. The molecule has 2 aliphatic rings. The lowest BCUT2D eigenvalue weighted by atomic mass is 10.1. The normalized spacial score (nSPS) is 22.8. The molecule has 0 unspecified atom stereocenters. The van der Waals surface area contributed by atoms with Gasteiger partial charge in [-0.3, -0.25) is 4.79 Å². The molecule has 11 heteroatoms. The van der Waals surface area contributed by atoms with E-state index in [0.29, 0.717) is 5.17 Å². The van der Waals surface area contributed by atoms with Crippen LogP contribution in [0.2, 0.25) is 0 Å². The van der Waals surface area contributed by atoms with Crippen LogP contribution in [0, 0.1) is 3.57 Å². The van der Waals surface area contributed by atoms with Crippen LogP contribution in [0.1, 0.15) is 26.3 Å². The van der Waals surface area contributed by atoms with Crippen molar-refractivity contribution in [3.05, 3.63) is 63.7 Å². The van der Waals surface area contributed by atoms with Crippen molar-refractivity contribution in [2.45, 2.75) is 50.1 Å². The van der Waals surface area contributed by atoms with E-state index in [0.717, 1.165) is 14.8 Å². The van der Waals surface area contributed by atoms with Gasteiger partial charge in [-0.25, -0.2) is 13.2 Å². The van der Waals surface area contributed by atoms with E-state index >= 15 is 0 Å². The quantitative estimate of drug-likeness (QED) is 0.492. The molecule has 36 heavy (non-hydrogen) atoms. The number of carbonyl (C=O) groups is 2. The second kappa shape index (κ2) is 10.7. The summed E-state index contributed by atoms with van der Waals surface area (Å²) in [6, 6.07) is 15.8. The summed E-state index contributed by atoms with van der Waals surface area (Å²) in [5.74, 6) is -0.474. The fourth-order valence-electron chi connectivity index (χ4n) is 4.16. The Labute approximate surface area is 229 Å². The van der Waals surface area contributed by atoms with Crippen LogP contribution in [-0.4, -0.2) is 60.0 Å². The second-order valence-electron chi connectivity index (χ2n) is 9.77. The maximum absolute atomic E-state index is 13.5. The molecule has 0 aliphatic carbocycles. The topological polar surface area (TPSA) is 105 Å². The maximum atomic E-state index is 13.5. The third kappa shape index (κ3) is 6.80. The summed E-state index contributed by atoms with van der Waals surface area (Å²) < 4.78 is 31.1. The SMILES string of the molecule is CC(C)(C)OC(=O)N[C@H](Cc1ccccc1)C(=O)N=C1S[C@H]2CS(=O)(=O)C[C@@H]2N1c1cccc(I)c1. The lowest BCUT2D eigenvalue weighted by molar-refractivity contribution is -0.119. The molecule has 8 nitrogen and oxygen atoms in total. The summed E-state index contributed by atoms with van der Waals surface area (Å²) >= 11 is 3.50. The van der Waals surface area contributed by atoms with E-state index in [-0.39, 0.29) is 29.2 Å². The van der Waals surface area contributed by atoms with Gasteiger partial charge in [-0.1, -0.05) is 48.2 Å². The number of amides is 2. The molecule has 4 rings (SSSR count). The monoisotopic (exact) mass is 641 g/mol. The summed E-state index contributed by atoms with van der Waals surface area (Å²) in [6.45, 7) is 5.26. The first-order valence-electron chi connectivity index (χ1n) is 11.5. The molecule has 3 atom stereocenters. The molecular formula is C25H28IN3O5S2. The fourth-order valence-corrected chi connectivity index (χ4v) is 8.61. The van der Waals surface area contributed by atoms with Crippen LogP contribution in [0.3, 0.4) is 0 Å². The number of nitrogens with one attached hydrogen (secondary N) is 1. The minimum Gasteiger partial charge on any atom is -0.444 e. The Balaban J connectivity index is 1.65. The summed E-state index contributed by atoms with van der Waals surface area (Å²) in [6.07, 6.45) is -0.460. The zero-order chi connectivity index (χ0) is 26.1. The molecule has 2 amide bonds. The molecular weight excluding hydrogens is 613 g/mol. The van der Waals surface area contributed by atoms with Crippen molar-refractivity contribution in [1.82, 2.24) is 5.32 Å². The van der Waals surface area contributed by atoms with E-state index in [1.54, 1.807) is 20.8 Å². The highest BCUT2D eigenvalue weighted by Crippen LogP contribution is 2.41. The zero-order valence-electron chi connectivity index (χ0n) is 20.2. The number of hydrogen-bond donors (Lipinski definition) is 1. The molecule has 2 fully saturated rings. The molecule has 1 N–H and O–H groups in total. The maximum Gasteiger partial charge on any atom is 0.408 e. The van der Waals surface area contributed by atoms with Gasteiger partial charge in [0.2, 0.25) is 0 Å². The number of anilines is 1. The van der Waals surface area contributed by atoms with E-state index in [2.05, 4.69) is 32.9 Å². The standard InChI is InChI=1S/C25H28IN3O5S2/c1-25(2,3)34-24(31)27-19(12-16-8-5-4-6-9-16)22(30)28-23-29(18-11-7-10-17(26)13-18)20-14-36(32,33)15-21(20)35-23/h4-11,13,19-21H,12,14-15H2,1-3H3,(H,27,31)/t19-,20+,21+/m1/s1. The van der Waals surface area contributed by atoms with Crippen LogP contribution < -0.4 is 10.2 Å². The van der Waals surface area contributed by atoms with E-state index < -0.39 is 33.5 Å². The molecule has 2 aromatic carbocycles. The number of rotatable bonds is 5. The van der Waals surface area contributed by atoms with Crippen LogP contribution in [-0.2, 0) is 25.8 Å². The van der Waals surface area contributed by atoms with Gasteiger partial charge in [0.05, 0.1) is 17.5 Å². The Morgan fingerprint density at radius 1 is 1.17 bits per heavy atom. The number of ether oxygens (including phenoxy) is 1. The van der Waals surface area contributed by atoms with Gasteiger partial charge in [0, 0.05) is 20.9 Å². The van der Waals surface area contributed by atoms with Crippen molar-refractivity contribution in [2.24, 2.45) is 4.99 Å². The minimum absolute atomic E-state index is 0.00690. The van der Waals surface area contributed by atoms with Gasteiger partial charge in [-0.2, -0.15) is 4.99 Å². The zero-order valence-corrected chi connectivity index (χ0v) is 24.0. The van der Waals surface area contributed by atoms with Crippen molar-refractivity contribution in [2.75, 3.05) is 16.4 Å². The number of aliphatic imine (C=N–C) groups is 1. The smallest absolute Gasteiger partial charge is 0.408 e. The third-order valence-electron chi connectivity index (χ3n) is 5.63. The summed E-state index contributed by atoms with van der Waals surface area (Å²) in [7, 11) is -3.18. The van der Waals surface area contributed by atoms with Crippen molar-refractivity contribution < 1.29 is 22.7 Å². The van der Waals surface area contributed by atoms with E-state index in [1.807, 2.05) is 59.5 Å². The van der Waals surface area contributed by atoms with E-state index in [1.165, 1.54) is 11.8 Å². The Morgan fingerprint density at radius 3 is 2.56 bits per heavy atom. The highest BCUT2D eigenvalue weighted by atomic mass is 127. The summed E-state index contributed by atoms with van der Waals surface area (Å²) in [5.41, 5.74) is 0.927. The Kier molecular flexibility index (Phi) is 8.01. The van der Waals surface area contributed by atoms with Gasteiger partial charge in [-0.15, -0.1) is 0 Å². The number of amidine groups is 1. The second-order valence-corrected chi connectivity index (χ2v) is 14.4. The van der Waals surface area contributed by atoms with Crippen LogP contribution >= 0.6 is 34.4 Å². The molecule has 0 bridgehead atoms. The van der Waals surface area contributed by atoms with Crippen LogP contribution in [0.4, 0.5) is 10.5 Å². The first-order chi connectivity index (χ1) is 16.9. The summed E-state index contributed by atoms with van der Waals surface area (Å²) in [4.78, 5) is 32.3. The van der Waals surface area contributed by atoms with Crippen molar-refractivity contribution >= 4 is 67.0 Å². The van der Waals surface area contributed by atoms with Crippen LogP contribution in [0.15, 0.2) is 59.6 Å². The number of halogens is 1. The van der Waals surface area contributed by atoms with Gasteiger partial charge >= 0.3 is 6.09 Å². The number of nitrogens with zero attached hydrogens (tertiary/aromatic N) is 2. The molecule has 2 aromatic rings. The van der Waals surface area contributed by atoms with Gasteiger partial charge in [0.25, 0.3) is 5.91 Å². The molecule has 2 aliphatic heterocycles. The summed E-state index contributed by atoms with van der Waals surface area (Å²) in [5, 5.41) is 2.90. The average Bonchev–Trinajstić information content (AvgIpc) is 3.23. The van der Waals surface area contributed by atoms with Gasteiger partial charge < -0.3 is 15.0 Å². The highest BCUT2D eigenvalue weighted by Gasteiger charge is 2.49. The third-order valence-corrected chi connectivity index (χ3v) is 9.51. The highest BCUT2D eigenvalue weighted by molar-refractivity contribution is 14.1. The average molecular weight is 642 g/mol. The van der Waals surface area contributed by atoms with Crippen molar-refractivity contribution in [1.29, 1.82) is 0 Å². The Morgan fingerprint density at radius 2 is 1.89 bits per heavy atom. The predicted molar refractivity (Wildman–Crippen MR) is 151 cm³/mol. The minimum atomic E-state index is -3.18. The molecule has 2 saturated heterocycles. The van der Waals surface area contributed by atoms with Gasteiger partial charge in [-0.05, 0) is 67.1 Å². The number of thioether (sulfide) groups is 1. The number of sulfone groups is 1. The Hall–Kier alpha value is -2.12. The van der Waals surface area contributed by atoms with E-state index in [4.69, 9.17) is 4.74 Å². The predicted octanol–water partition coefficient (Wildman–Crippen LogP) is 4.03. The molecule has 0 saturated carbocycles. The fraction of sp³-hybridized carbons (Fsp3) is 0.400.